The largest absolute Gasteiger partial charge is 0.368 e. The van der Waals surface area contributed by atoms with Gasteiger partial charge in [0, 0.05) is 11.1 Å². The van der Waals surface area contributed by atoms with Gasteiger partial charge in [0.1, 0.15) is 6.10 Å². The lowest BCUT2D eigenvalue weighted by molar-refractivity contribution is 0.303. The summed E-state index contributed by atoms with van der Waals surface area (Å²) in [6.07, 6.45) is 11.5. The van der Waals surface area contributed by atoms with Gasteiger partial charge >= 0.3 is 0 Å². The Labute approximate surface area is 211 Å². The molecule has 1 aliphatic heterocycles. The molecule has 2 aliphatic carbocycles. The predicted molar refractivity (Wildman–Crippen MR) is 135 cm³/mol. The smallest absolute Gasteiger partial charge is 0.166 e. The first-order valence-electron chi connectivity index (χ1n) is 13.7. The highest BCUT2D eigenvalue weighted by Crippen LogP contribution is 2.41. The van der Waals surface area contributed by atoms with Crippen LogP contribution in [0.5, 0.6) is 0 Å². The minimum absolute atomic E-state index is 0.000854. The van der Waals surface area contributed by atoms with Crippen molar-refractivity contribution < 1.29 is 22.3 Å². The quantitative estimate of drug-likeness (QED) is 0.260. The normalized spacial score (nSPS) is 26.1. The summed E-state index contributed by atoms with van der Waals surface area (Å²) in [6.45, 7) is 2.63. The molecule has 2 fully saturated rings. The summed E-state index contributed by atoms with van der Waals surface area (Å²) in [5.41, 5.74) is 2.55. The van der Waals surface area contributed by atoms with Gasteiger partial charge in [0.05, 0.1) is 6.61 Å². The highest BCUT2D eigenvalue weighted by molar-refractivity contribution is 5.67. The number of ether oxygens (including phenoxy) is 1. The second kappa shape index (κ2) is 11.1. The second-order valence-electron chi connectivity index (χ2n) is 11.0. The minimum Gasteiger partial charge on any atom is -0.368 e. The van der Waals surface area contributed by atoms with Crippen molar-refractivity contribution in [2.24, 2.45) is 11.8 Å². The molecule has 1 nitrogen and oxygen atoms in total. The maximum atomic E-state index is 15.0. The van der Waals surface area contributed by atoms with Crippen LogP contribution in [0.4, 0.5) is 17.6 Å². The van der Waals surface area contributed by atoms with Gasteiger partial charge in [-0.25, -0.2) is 17.6 Å². The lowest BCUT2D eigenvalue weighted by Crippen LogP contribution is -2.16. The Balaban J connectivity index is 1.16. The molecular weight excluding hydrogens is 464 g/mol. The zero-order valence-electron chi connectivity index (χ0n) is 21.1. The Hall–Kier alpha value is -2.14. The van der Waals surface area contributed by atoms with E-state index in [-0.39, 0.29) is 12.0 Å². The number of halogens is 4. The SMILES string of the molecule is CCCC1CC=C(c2ccc(CCC3CCC(c4ccc(C5CO5)c(F)c4F)CC3)c(F)c2F)CC1. The van der Waals surface area contributed by atoms with Gasteiger partial charge in [0.2, 0.25) is 0 Å². The molecule has 0 bridgehead atoms. The van der Waals surface area contributed by atoms with Crippen molar-refractivity contribution in [2.75, 3.05) is 6.61 Å². The van der Waals surface area contributed by atoms with Crippen LogP contribution in [-0.2, 0) is 11.2 Å². The summed E-state index contributed by atoms with van der Waals surface area (Å²) >= 11 is 0. The van der Waals surface area contributed by atoms with E-state index in [0.717, 1.165) is 63.4 Å². The van der Waals surface area contributed by atoms with E-state index in [4.69, 9.17) is 4.74 Å². The van der Waals surface area contributed by atoms with Gasteiger partial charge in [-0.15, -0.1) is 0 Å². The zero-order valence-corrected chi connectivity index (χ0v) is 21.1. The monoisotopic (exact) mass is 500 g/mol. The van der Waals surface area contributed by atoms with Crippen LogP contribution >= 0.6 is 0 Å². The molecule has 1 saturated carbocycles. The fraction of sp³-hybridized carbons (Fsp3) is 0.548. The maximum Gasteiger partial charge on any atom is 0.166 e. The van der Waals surface area contributed by atoms with Crippen LogP contribution in [-0.4, -0.2) is 6.61 Å². The summed E-state index contributed by atoms with van der Waals surface area (Å²) < 4.78 is 64.1. The predicted octanol–water partition coefficient (Wildman–Crippen LogP) is 9.20. The van der Waals surface area contributed by atoms with Crippen molar-refractivity contribution in [2.45, 2.75) is 89.6 Å². The molecule has 5 rings (SSSR count). The van der Waals surface area contributed by atoms with Crippen LogP contribution in [0.1, 0.15) is 105 Å². The van der Waals surface area contributed by atoms with Gasteiger partial charge in [-0.1, -0.05) is 50.1 Å². The van der Waals surface area contributed by atoms with E-state index in [1.807, 2.05) is 0 Å². The number of epoxide rings is 1. The lowest BCUT2D eigenvalue weighted by Gasteiger charge is -2.29. The van der Waals surface area contributed by atoms with E-state index in [1.165, 1.54) is 6.42 Å². The Morgan fingerprint density at radius 1 is 0.778 bits per heavy atom. The highest BCUT2D eigenvalue weighted by atomic mass is 19.2. The third-order valence-electron chi connectivity index (χ3n) is 8.66. The summed E-state index contributed by atoms with van der Waals surface area (Å²) in [5, 5.41) is 0. The molecule has 1 saturated heterocycles. The first-order valence-corrected chi connectivity index (χ1v) is 13.7. The summed E-state index contributed by atoms with van der Waals surface area (Å²) in [4.78, 5) is 0. The molecule has 0 amide bonds. The van der Waals surface area contributed by atoms with Crippen molar-refractivity contribution in [3.8, 4) is 0 Å². The fourth-order valence-electron chi connectivity index (χ4n) is 6.33. The molecule has 3 aliphatic rings. The van der Waals surface area contributed by atoms with Gasteiger partial charge in [-0.05, 0) is 92.2 Å². The Kier molecular flexibility index (Phi) is 7.85. The molecule has 2 unspecified atom stereocenters. The van der Waals surface area contributed by atoms with E-state index in [2.05, 4.69) is 13.0 Å². The standard InChI is InChI=1S/C31H36F4O/c1-2-3-19-4-9-21(10-5-19)24-15-14-23(28(32)29(24)33)13-8-20-6-11-22(12-7-20)25-16-17-26(27-18-36-27)31(35)30(25)34/h9,14-17,19-20,22,27H,2-8,10-13,18H2,1H3. The van der Waals surface area contributed by atoms with Crippen molar-refractivity contribution in [3.63, 3.8) is 0 Å². The van der Waals surface area contributed by atoms with Crippen LogP contribution in [0.15, 0.2) is 30.3 Å². The number of hydrogen-bond donors (Lipinski definition) is 0. The molecule has 2 aromatic rings. The molecule has 2 aromatic carbocycles. The van der Waals surface area contributed by atoms with Gasteiger partial charge in [-0.2, -0.15) is 0 Å². The molecule has 1 heterocycles. The van der Waals surface area contributed by atoms with Crippen molar-refractivity contribution in [1.82, 2.24) is 0 Å². The van der Waals surface area contributed by atoms with Crippen LogP contribution in [0.25, 0.3) is 5.57 Å². The number of rotatable bonds is 8. The number of aryl methyl sites for hydroxylation is 1. The molecule has 5 heteroatoms. The average Bonchev–Trinajstić information content (AvgIpc) is 3.73. The second-order valence-corrected chi connectivity index (χ2v) is 11.0. The Morgan fingerprint density at radius 3 is 2.17 bits per heavy atom. The molecule has 0 radical (unpaired) electrons. The summed E-state index contributed by atoms with van der Waals surface area (Å²) in [6, 6.07) is 6.88. The summed E-state index contributed by atoms with van der Waals surface area (Å²) in [5.74, 6) is -1.90. The lowest BCUT2D eigenvalue weighted by atomic mass is 9.76. The van der Waals surface area contributed by atoms with Gasteiger partial charge in [-0.3, -0.25) is 0 Å². The molecule has 2 atom stereocenters. The molecule has 0 aromatic heterocycles. The van der Waals surface area contributed by atoms with Crippen LogP contribution in [0, 0.1) is 35.1 Å². The molecule has 194 valence electrons. The Morgan fingerprint density at radius 2 is 1.50 bits per heavy atom. The average molecular weight is 501 g/mol. The third-order valence-corrected chi connectivity index (χ3v) is 8.66. The van der Waals surface area contributed by atoms with Crippen molar-refractivity contribution in [1.29, 1.82) is 0 Å². The van der Waals surface area contributed by atoms with E-state index in [0.29, 0.717) is 47.1 Å². The van der Waals surface area contributed by atoms with E-state index in [9.17, 15) is 17.6 Å². The topological polar surface area (TPSA) is 12.5 Å². The molecule has 0 spiro atoms. The molecular formula is C31H36F4O. The number of hydrogen-bond acceptors (Lipinski definition) is 1. The first-order chi connectivity index (χ1) is 17.5. The van der Waals surface area contributed by atoms with Gasteiger partial charge < -0.3 is 4.74 Å². The molecule has 36 heavy (non-hydrogen) atoms. The van der Waals surface area contributed by atoms with Crippen LogP contribution in [0.2, 0.25) is 0 Å². The van der Waals surface area contributed by atoms with E-state index >= 15 is 0 Å². The minimum atomic E-state index is -0.775. The van der Waals surface area contributed by atoms with Gasteiger partial charge in [0.25, 0.3) is 0 Å². The number of allylic oxidation sites excluding steroid dienone is 2. The van der Waals surface area contributed by atoms with Crippen LogP contribution < -0.4 is 0 Å². The third kappa shape index (κ3) is 5.41. The Bertz CT molecular complexity index is 1110. The maximum absolute atomic E-state index is 15.0. The van der Waals surface area contributed by atoms with Crippen molar-refractivity contribution in [3.05, 3.63) is 75.9 Å². The van der Waals surface area contributed by atoms with Crippen LogP contribution in [0.3, 0.4) is 0 Å². The summed E-state index contributed by atoms with van der Waals surface area (Å²) in [7, 11) is 0. The zero-order chi connectivity index (χ0) is 25.2. The molecule has 0 N–H and O–H groups in total. The fourth-order valence-corrected chi connectivity index (χ4v) is 6.33. The first kappa shape index (κ1) is 25.5. The number of benzene rings is 2. The van der Waals surface area contributed by atoms with Crippen molar-refractivity contribution >= 4 is 5.57 Å². The van der Waals surface area contributed by atoms with E-state index in [1.54, 1.807) is 24.3 Å². The van der Waals surface area contributed by atoms with E-state index < -0.39 is 23.3 Å². The highest BCUT2D eigenvalue weighted by Gasteiger charge is 2.32. The van der Waals surface area contributed by atoms with Gasteiger partial charge in [0.15, 0.2) is 23.3 Å².